The average Bonchev–Trinajstić information content (AvgIpc) is 2.81. The van der Waals surface area contributed by atoms with E-state index in [9.17, 15) is 27.2 Å². The lowest BCUT2D eigenvalue weighted by atomic mass is 10.2. The molecule has 4 aromatic rings. The summed E-state index contributed by atoms with van der Waals surface area (Å²) in [5, 5.41) is 2.67. The number of aromatic amines is 1. The summed E-state index contributed by atoms with van der Waals surface area (Å²) < 4.78 is 42.6. The third kappa shape index (κ3) is 5.26. The van der Waals surface area contributed by atoms with Gasteiger partial charge in [-0.1, -0.05) is 29.8 Å². The number of hydrogen-bond donors (Lipinski definition) is 3. The molecule has 9 nitrogen and oxygen atoms in total. The van der Waals surface area contributed by atoms with E-state index in [0.717, 1.165) is 6.07 Å². The van der Waals surface area contributed by atoms with Crippen LogP contribution in [0, 0.1) is 5.82 Å². The SMILES string of the molecule is O=C(CCn1c(=O)[nH]c(=O)c2ccccc21)Nc1ccc(NS(=O)(=O)c2cccc(Cl)c2F)cc1. The van der Waals surface area contributed by atoms with Crippen LogP contribution in [0.15, 0.2) is 81.2 Å². The Morgan fingerprint density at radius 3 is 2.40 bits per heavy atom. The number of anilines is 2. The van der Waals surface area contributed by atoms with Crippen LogP contribution >= 0.6 is 11.6 Å². The molecular weight excluding hydrogens is 499 g/mol. The van der Waals surface area contributed by atoms with E-state index in [-0.39, 0.29) is 23.7 Å². The number of nitrogens with zero attached hydrogens (tertiary/aromatic N) is 1. The number of halogens is 2. The fourth-order valence-electron chi connectivity index (χ4n) is 3.42. The van der Waals surface area contributed by atoms with Crippen LogP contribution in [0.25, 0.3) is 10.9 Å². The van der Waals surface area contributed by atoms with Crippen molar-refractivity contribution in [2.45, 2.75) is 17.9 Å². The van der Waals surface area contributed by atoms with Crippen LogP contribution < -0.4 is 21.3 Å². The minimum absolute atomic E-state index is 0.0328. The molecule has 0 unspecified atom stereocenters. The van der Waals surface area contributed by atoms with Gasteiger partial charge in [0.15, 0.2) is 5.82 Å². The number of fused-ring (bicyclic) bond motifs is 1. The van der Waals surface area contributed by atoms with E-state index in [1.54, 1.807) is 24.3 Å². The Kier molecular flexibility index (Phi) is 6.72. The molecule has 3 N–H and O–H groups in total. The molecule has 0 fully saturated rings. The molecule has 0 aliphatic carbocycles. The molecule has 3 aromatic carbocycles. The van der Waals surface area contributed by atoms with Gasteiger partial charge in [-0.3, -0.25) is 23.9 Å². The largest absolute Gasteiger partial charge is 0.328 e. The standard InChI is InChI=1S/C23H18ClFN4O5S/c24-17-5-3-7-19(21(17)25)35(33,34)28-15-10-8-14(9-11-15)26-20(30)12-13-29-18-6-2-1-4-16(18)22(31)27-23(29)32/h1-11,28H,12-13H2,(H,26,30)(H,27,31,32). The van der Waals surface area contributed by atoms with E-state index in [2.05, 4.69) is 15.0 Å². The molecule has 180 valence electrons. The van der Waals surface area contributed by atoms with Crippen molar-refractivity contribution in [1.82, 2.24) is 9.55 Å². The molecule has 0 aliphatic rings. The highest BCUT2D eigenvalue weighted by Gasteiger charge is 2.21. The van der Waals surface area contributed by atoms with Crippen LogP contribution in [0.3, 0.4) is 0 Å². The van der Waals surface area contributed by atoms with Crippen LogP contribution in [-0.4, -0.2) is 23.9 Å². The number of aromatic nitrogens is 2. The quantitative estimate of drug-likeness (QED) is 0.347. The van der Waals surface area contributed by atoms with E-state index in [1.807, 2.05) is 0 Å². The summed E-state index contributed by atoms with van der Waals surface area (Å²) in [4.78, 5) is 38.2. The molecule has 1 heterocycles. The van der Waals surface area contributed by atoms with Gasteiger partial charge in [-0.2, -0.15) is 0 Å². The Morgan fingerprint density at radius 1 is 0.971 bits per heavy atom. The van der Waals surface area contributed by atoms with Crippen molar-refractivity contribution in [2.75, 3.05) is 10.0 Å². The average molecular weight is 517 g/mol. The third-order valence-electron chi connectivity index (χ3n) is 5.09. The van der Waals surface area contributed by atoms with Gasteiger partial charge in [-0.05, 0) is 48.5 Å². The second-order valence-electron chi connectivity index (χ2n) is 7.46. The highest BCUT2D eigenvalue weighted by molar-refractivity contribution is 7.92. The predicted octanol–water partition coefficient (Wildman–Crippen LogP) is 3.31. The first-order chi connectivity index (χ1) is 16.7. The zero-order valence-electron chi connectivity index (χ0n) is 17.9. The predicted molar refractivity (Wildman–Crippen MR) is 131 cm³/mol. The lowest BCUT2D eigenvalue weighted by molar-refractivity contribution is -0.116. The van der Waals surface area contributed by atoms with Gasteiger partial charge >= 0.3 is 5.69 Å². The van der Waals surface area contributed by atoms with Crippen molar-refractivity contribution in [1.29, 1.82) is 0 Å². The van der Waals surface area contributed by atoms with Crippen molar-refractivity contribution in [3.8, 4) is 0 Å². The maximum Gasteiger partial charge on any atom is 0.328 e. The van der Waals surface area contributed by atoms with E-state index < -0.39 is 37.9 Å². The molecule has 0 aliphatic heterocycles. The normalized spacial score (nSPS) is 11.4. The van der Waals surface area contributed by atoms with Gasteiger partial charge in [-0.15, -0.1) is 0 Å². The van der Waals surface area contributed by atoms with Crippen molar-refractivity contribution in [3.63, 3.8) is 0 Å². The van der Waals surface area contributed by atoms with Gasteiger partial charge in [0.25, 0.3) is 15.6 Å². The number of carbonyl (C=O) groups is 1. The molecule has 1 aromatic heterocycles. The summed E-state index contributed by atoms with van der Waals surface area (Å²) in [6.07, 6.45) is -0.0572. The summed E-state index contributed by atoms with van der Waals surface area (Å²) >= 11 is 5.66. The number of para-hydroxylation sites is 1. The van der Waals surface area contributed by atoms with Gasteiger partial charge in [0.05, 0.1) is 15.9 Å². The highest BCUT2D eigenvalue weighted by atomic mass is 35.5. The minimum atomic E-state index is -4.22. The van der Waals surface area contributed by atoms with Crippen LogP contribution in [0.2, 0.25) is 5.02 Å². The van der Waals surface area contributed by atoms with E-state index in [4.69, 9.17) is 11.6 Å². The molecule has 12 heteroatoms. The summed E-state index contributed by atoms with van der Waals surface area (Å²) in [5.41, 5.74) is -0.171. The summed E-state index contributed by atoms with van der Waals surface area (Å²) in [5.74, 6) is -1.46. The molecule has 35 heavy (non-hydrogen) atoms. The van der Waals surface area contributed by atoms with Crippen LogP contribution in [-0.2, 0) is 21.4 Å². The number of amides is 1. The molecule has 0 bridgehead atoms. The van der Waals surface area contributed by atoms with Gasteiger partial charge < -0.3 is 5.32 Å². The van der Waals surface area contributed by atoms with E-state index in [0.29, 0.717) is 16.6 Å². The van der Waals surface area contributed by atoms with E-state index >= 15 is 0 Å². The number of benzene rings is 3. The van der Waals surface area contributed by atoms with Gasteiger partial charge in [-0.25, -0.2) is 17.6 Å². The van der Waals surface area contributed by atoms with Crippen molar-refractivity contribution < 1.29 is 17.6 Å². The fraction of sp³-hybridized carbons (Fsp3) is 0.0870. The topological polar surface area (TPSA) is 130 Å². The zero-order chi connectivity index (χ0) is 25.2. The second kappa shape index (κ2) is 9.72. The van der Waals surface area contributed by atoms with Gasteiger partial charge in [0.1, 0.15) is 4.90 Å². The van der Waals surface area contributed by atoms with Crippen molar-refractivity contribution in [3.05, 3.63) is 98.4 Å². The maximum atomic E-state index is 14.1. The van der Waals surface area contributed by atoms with Crippen molar-refractivity contribution >= 4 is 49.8 Å². The Morgan fingerprint density at radius 2 is 1.66 bits per heavy atom. The zero-order valence-corrected chi connectivity index (χ0v) is 19.5. The lowest BCUT2D eigenvalue weighted by Gasteiger charge is -2.11. The van der Waals surface area contributed by atoms with Crippen LogP contribution in [0.4, 0.5) is 15.8 Å². The number of carbonyl (C=O) groups excluding carboxylic acids is 1. The molecule has 0 spiro atoms. The first-order valence-corrected chi connectivity index (χ1v) is 12.1. The molecule has 4 rings (SSSR count). The fourth-order valence-corrected chi connectivity index (χ4v) is 4.81. The number of aryl methyl sites for hydroxylation is 1. The Hall–Kier alpha value is -3.96. The lowest BCUT2D eigenvalue weighted by Crippen LogP contribution is -2.31. The minimum Gasteiger partial charge on any atom is -0.326 e. The van der Waals surface area contributed by atoms with E-state index in [1.165, 1.54) is 41.0 Å². The second-order valence-corrected chi connectivity index (χ2v) is 9.52. The monoisotopic (exact) mass is 516 g/mol. The Bertz CT molecular complexity index is 1650. The maximum absolute atomic E-state index is 14.1. The summed E-state index contributed by atoms with van der Waals surface area (Å²) in [6.45, 7) is 0.0328. The molecule has 0 radical (unpaired) electrons. The number of H-pyrrole nitrogens is 1. The smallest absolute Gasteiger partial charge is 0.326 e. The summed E-state index contributed by atoms with van der Waals surface area (Å²) in [7, 11) is -4.22. The van der Waals surface area contributed by atoms with Crippen LogP contribution in [0.5, 0.6) is 0 Å². The molecule has 0 saturated carbocycles. The third-order valence-corrected chi connectivity index (χ3v) is 6.78. The molecular formula is C23H18ClFN4O5S. The molecule has 1 amide bonds. The number of nitrogens with one attached hydrogen (secondary N) is 3. The van der Waals surface area contributed by atoms with Gasteiger partial charge in [0, 0.05) is 24.3 Å². The van der Waals surface area contributed by atoms with Gasteiger partial charge in [0.2, 0.25) is 5.91 Å². The Labute approximate surface area is 203 Å². The first-order valence-electron chi connectivity index (χ1n) is 10.2. The van der Waals surface area contributed by atoms with Crippen molar-refractivity contribution in [2.24, 2.45) is 0 Å². The molecule has 0 saturated heterocycles. The van der Waals surface area contributed by atoms with Crippen LogP contribution in [0.1, 0.15) is 6.42 Å². The number of hydrogen-bond acceptors (Lipinski definition) is 5. The molecule has 0 atom stereocenters. The first kappa shape index (κ1) is 24.2. The highest BCUT2D eigenvalue weighted by Crippen LogP contribution is 2.24. The summed E-state index contributed by atoms with van der Waals surface area (Å²) in [6, 6.07) is 16.0. The Balaban J connectivity index is 1.42. The number of sulfonamides is 1. The number of rotatable bonds is 7.